The molecule has 0 aromatic heterocycles. The lowest BCUT2D eigenvalue weighted by Gasteiger charge is -2.09. The maximum atomic E-state index is 13.4. The highest BCUT2D eigenvalue weighted by Crippen LogP contribution is 2.35. The topological polar surface area (TPSA) is 35.5 Å². The molecule has 5 heteroatoms. The lowest BCUT2D eigenvalue weighted by molar-refractivity contribution is 0.111. The van der Waals surface area contributed by atoms with Gasteiger partial charge in [-0.1, -0.05) is 11.6 Å². The van der Waals surface area contributed by atoms with Crippen LogP contribution in [0.3, 0.4) is 0 Å². The van der Waals surface area contributed by atoms with E-state index < -0.39 is 5.82 Å². The van der Waals surface area contributed by atoms with Gasteiger partial charge in [0.25, 0.3) is 0 Å². The Morgan fingerprint density at radius 3 is 2.50 bits per heavy atom. The van der Waals surface area contributed by atoms with Gasteiger partial charge in [-0.2, -0.15) is 0 Å². The van der Waals surface area contributed by atoms with Crippen LogP contribution in [0.1, 0.15) is 10.4 Å². The fourth-order valence-corrected chi connectivity index (χ4v) is 1.34. The van der Waals surface area contributed by atoms with E-state index in [1.54, 1.807) is 0 Å². The number of aldehydes is 1. The van der Waals surface area contributed by atoms with E-state index in [-0.39, 0.29) is 22.1 Å². The van der Waals surface area contributed by atoms with Gasteiger partial charge in [0.15, 0.2) is 23.6 Å². The Morgan fingerprint density at radius 1 is 1.43 bits per heavy atom. The van der Waals surface area contributed by atoms with Crippen molar-refractivity contribution in [2.45, 2.75) is 0 Å². The first-order valence-corrected chi connectivity index (χ1v) is 4.08. The van der Waals surface area contributed by atoms with E-state index in [0.29, 0.717) is 6.29 Å². The van der Waals surface area contributed by atoms with Gasteiger partial charge < -0.3 is 9.47 Å². The molecule has 0 atom stereocenters. The number of rotatable bonds is 3. The molecule has 0 aliphatic carbocycles. The molecular formula is C9H8ClFO3. The highest BCUT2D eigenvalue weighted by Gasteiger charge is 2.17. The second-order valence-corrected chi connectivity index (χ2v) is 2.85. The zero-order valence-corrected chi connectivity index (χ0v) is 8.39. The van der Waals surface area contributed by atoms with Gasteiger partial charge in [0.2, 0.25) is 0 Å². The van der Waals surface area contributed by atoms with Crippen molar-refractivity contribution in [1.29, 1.82) is 0 Å². The largest absolute Gasteiger partial charge is 0.494 e. The van der Waals surface area contributed by atoms with Crippen LogP contribution in [0.4, 0.5) is 4.39 Å². The summed E-state index contributed by atoms with van der Waals surface area (Å²) in [6.45, 7) is 0. The molecule has 3 nitrogen and oxygen atoms in total. The molecule has 0 amide bonds. The smallest absolute Gasteiger partial charge is 0.179 e. The minimum Gasteiger partial charge on any atom is -0.494 e. The van der Waals surface area contributed by atoms with Crippen LogP contribution in [-0.2, 0) is 0 Å². The molecule has 0 bridgehead atoms. The van der Waals surface area contributed by atoms with Gasteiger partial charge in [0.1, 0.15) is 0 Å². The van der Waals surface area contributed by atoms with Gasteiger partial charge in [0.05, 0.1) is 24.8 Å². The summed E-state index contributed by atoms with van der Waals surface area (Å²) in [5.41, 5.74) is -0.239. The molecule has 0 spiro atoms. The molecule has 0 aliphatic heterocycles. The molecule has 76 valence electrons. The third-order valence-corrected chi connectivity index (χ3v) is 1.99. The van der Waals surface area contributed by atoms with Gasteiger partial charge in [-0.25, -0.2) is 4.39 Å². The van der Waals surface area contributed by atoms with Gasteiger partial charge in [-0.05, 0) is 0 Å². The molecule has 0 fully saturated rings. The summed E-state index contributed by atoms with van der Waals surface area (Å²) in [6, 6.07) is 1.25. The molecule has 1 aromatic rings. The molecular weight excluding hydrogens is 211 g/mol. The zero-order valence-electron chi connectivity index (χ0n) is 7.64. The summed E-state index contributed by atoms with van der Waals surface area (Å²) in [7, 11) is 2.59. The van der Waals surface area contributed by atoms with E-state index in [2.05, 4.69) is 0 Å². The molecule has 0 N–H and O–H groups in total. The Bertz CT molecular complexity index is 366. The SMILES string of the molecule is COc1cc(Cl)c(OC)c(C=O)c1F. The van der Waals surface area contributed by atoms with Gasteiger partial charge in [-0.15, -0.1) is 0 Å². The number of hydrogen-bond donors (Lipinski definition) is 0. The summed E-state index contributed by atoms with van der Waals surface area (Å²) >= 11 is 5.73. The van der Waals surface area contributed by atoms with E-state index in [9.17, 15) is 9.18 Å². The van der Waals surface area contributed by atoms with Crippen LogP contribution in [0, 0.1) is 5.82 Å². The van der Waals surface area contributed by atoms with Crippen LogP contribution < -0.4 is 9.47 Å². The molecule has 0 radical (unpaired) electrons. The van der Waals surface area contributed by atoms with E-state index >= 15 is 0 Å². The molecule has 0 heterocycles. The predicted molar refractivity (Wildman–Crippen MR) is 49.9 cm³/mol. The molecule has 1 rings (SSSR count). The summed E-state index contributed by atoms with van der Waals surface area (Å²) < 4.78 is 22.9. The number of methoxy groups -OCH3 is 2. The number of halogens is 2. The lowest BCUT2D eigenvalue weighted by atomic mass is 10.2. The molecule has 0 unspecified atom stereocenters. The van der Waals surface area contributed by atoms with Gasteiger partial charge in [0, 0.05) is 6.07 Å². The van der Waals surface area contributed by atoms with E-state index in [1.807, 2.05) is 0 Å². The first-order valence-electron chi connectivity index (χ1n) is 3.70. The number of ether oxygens (including phenoxy) is 2. The molecule has 0 saturated heterocycles. The van der Waals surface area contributed by atoms with Gasteiger partial charge >= 0.3 is 0 Å². The van der Waals surface area contributed by atoms with Crippen molar-refractivity contribution in [2.24, 2.45) is 0 Å². The standard InChI is InChI=1S/C9H8ClFO3/c1-13-7-3-6(10)9(14-2)5(4-12)8(7)11/h3-4H,1-2H3. The number of carbonyl (C=O) groups excluding carboxylic acids is 1. The molecule has 14 heavy (non-hydrogen) atoms. The quantitative estimate of drug-likeness (QED) is 0.731. The van der Waals surface area contributed by atoms with Crippen LogP contribution >= 0.6 is 11.6 Å². The summed E-state index contributed by atoms with van der Waals surface area (Å²) in [5.74, 6) is -0.846. The van der Waals surface area contributed by atoms with Crippen molar-refractivity contribution < 1.29 is 18.7 Å². The molecule has 0 aliphatic rings. The Balaban J connectivity index is 3.47. The lowest BCUT2D eigenvalue weighted by Crippen LogP contribution is -1.99. The minimum atomic E-state index is -0.774. The highest BCUT2D eigenvalue weighted by molar-refractivity contribution is 6.32. The van der Waals surface area contributed by atoms with Crippen molar-refractivity contribution in [3.05, 3.63) is 22.5 Å². The Hall–Kier alpha value is -1.29. The fourth-order valence-electron chi connectivity index (χ4n) is 1.07. The number of benzene rings is 1. The van der Waals surface area contributed by atoms with Crippen molar-refractivity contribution in [2.75, 3.05) is 14.2 Å². The van der Waals surface area contributed by atoms with E-state index in [1.165, 1.54) is 20.3 Å². The van der Waals surface area contributed by atoms with Crippen LogP contribution in [0.2, 0.25) is 5.02 Å². The Morgan fingerprint density at radius 2 is 2.07 bits per heavy atom. The normalized spacial score (nSPS) is 9.71. The van der Waals surface area contributed by atoms with Crippen molar-refractivity contribution in [3.8, 4) is 11.5 Å². The van der Waals surface area contributed by atoms with E-state index in [4.69, 9.17) is 21.1 Å². The highest BCUT2D eigenvalue weighted by atomic mass is 35.5. The Labute approximate surface area is 85.4 Å². The maximum Gasteiger partial charge on any atom is 0.179 e. The van der Waals surface area contributed by atoms with E-state index in [0.717, 1.165) is 0 Å². The second-order valence-electron chi connectivity index (χ2n) is 2.44. The summed E-state index contributed by atoms with van der Waals surface area (Å²) in [4.78, 5) is 10.6. The van der Waals surface area contributed by atoms with Crippen LogP contribution in [0.15, 0.2) is 6.07 Å². The average molecular weight is 219 g/mol. The fraction of sp³-hybridized carbons (Fsp3) is 0.222. The summed E-state index contributed by atoms with van der Waals surface area (Å²) in [6.07, 6.45) is 0.336. The van der Waals surface area contributed by atoms with Crippen LogP contribution in [0.25, 0.3) is 0 Å². The second kappa shape index (κ2) is 4.28. The van der Waals surface area contributed by atoms with Crippen LogP contribution in [0.5, 0.6) is 11.5 Å². The monoisotopic (exact) mass is 218 g/mol. The summed E-state index contributed by atoms with van der Waals surface area (Å²) in [5, 5.41) is 0.132. The number of carbonyl (C=O) groups is 1. The van der Waals surface area contributed by atoms with Crippen molar-refractivity contribution >= 4 is 17.9 Å². The third kappa shape index (κ3) is 1.65. The minimum absolute atomic E-state index is 0.0139. The maximum absolute atomic E-state index is 13.4. The molecule has 1 aromatic carbocycles. The van der Waals surface area contributed by atoms with Crippen molar-refractivity contribution in [3.63, 3.8) is 0 Å². The average Bonchev–Trinajstić information content (AvgIpc) is 2.20. The zero-order chi connectivity index (χ0) is 10.7. The third-order valence-electron chi connectivity index (χ3n) is 1.71. The first kappa shape index (κ1) is 10.8. The Kier molecular flexibility index (Phi) is 3.30. The number of hydrogen-bond acceptors (Lipinski definition) is 3. The predicted octanol–water partition coefficient (Wildman–Crippen LogP) is 2.31. The van der Waals surface area contributed by atoms with Crippen molar-refractivity contribution in [1.82, 2.24) is 0 Å². The van der Waals surface area contributed by atoms with Gasteiger partial charge in [-0.3, -0.25) is 4.79 Å². The first-order chi connectivity index (χ1) is 6.65. The van der Waals surface area contributed by atoms with Crippen LogP contribution in [-0.4, -0.2) is 20.5 Å². The molecule has 0 saturated carbocycles.